The van der Waals surface area contributed by atoms with Crippen LogP contribution in [0.25, 0.3) is 0 Å². The van der Waals surface area contributed by atoms with Gasteiger partial charge in [0.05, 0.1) is 4.34 Å². The van der Waals surface area contributed by atoms with Crippen LogP contribution in [0.5, 0.6) is 0 Å². The minimum Gasteiger partial charge on any atom is -0.355 e. The summed E-state index contributed by atoms with van der Waals surface area (Å²) in [5.41, 5.74) is 0. The molecule has 0 bridgehead atoms. The van der Waals surface area contributed by atoms with Gasteiger partial charge in [-0.25, -0.2) is 8.42 Å². The molecule has 0 unspecified atom stereocenters. The molecule has 0 amide bonds. The number of aromatic nitrogens is 2. The van der Waals surface area contributed by atoms with E-state index in [0.717, 1.165) is 49.0 Å². The highest BCUT2D eigenvalue weighted by Gasteiger charge is 2.19. The van der Waals surface area contributed by atoms with Crippen molar-refractivity contribution in [3.8, 4) is 0 Å². The Labute approximate surface area is 144 Å². The molecule has 0 spiro atoms. The van der Waals surface area contributed by atoms with Crippen molar-refractivity contribution in [2.75, 3.05) is 22.7 Å². The van der Waals surface area contributed by atoms with Gasteiger partial charge in [-0.3, -0.25) is 4.72 Å². The van der Waals surface area contributed by atoms with Crippen molar-refractivity contribution in [1.29, 1.82) is 0 Å². The first-order valence-corrected chi connectivity index (χ1v) is 9.98. The third kappa shape index (κ3) is 3.94. The summed E-state index contributed by atoms with van der Waals surface area (Å²) < 4.78 is 27.4. The number of hydrogen-bond acceptors (Lipinski definition) is 6. The van der Waals surface area contributed by atoms with Gasteiger partial charge in [0.15, 0.2) is 11.6 Å². The number of halogens is 1. The third-order valence-electron chi connectivity index (χ3n) is 3.81. The van der Waals surface area contributed by atoms with E-state index in [1.165, 1.54) is 6.07 Å². The highest BCUT2D eigenvalue weighted by Crippen LogP contribution is 2.27. The number of sulfonamides is 1. The predicted molar refractivity (Wildman–Crippen MR) is 92.8 cm³/mol. The van der Waals surface area contributed by atoms with E-state index in [1.807, 2.05) is 0 Å². The monoisotopic (exact) mass is 372 g/mol. The number of hydrogen-bond donors (Lipinski definition) is 1. The second kappa shape index (κ2) is 6.62. The zero-order valence-corrected chi connectivity index (χ0v) is 15.0. The van der Waals surface area contributed by atoms with Gasteiger partial charge in [0.1, 0.15) is 4.21 Å². The molecule has 23 heavy (non-hydrogen) atoms. The van der Waals surface area contributed by atoms with E-state index in [-0.39, 0.29) is 10.0 Å². The standard InChI is InChI=1S/C14H17ClN4O2S2/c1-10-6-8-19(9-7-10)13-4-3-12(16-17-13)18-23(20,21)14-5-2-11(15)22-14/h2-5,10H,6-9H2,1H3,(H,16,18). The normalized spacial score (nSPS) is 16.5. The molecule has 1 aliphatic heterocycles. The molecule has 124 valence electrons. The van der Waals surface area contributed by atoms with E-state index in [1.54, 1.807) is 18.2 Å². The van der Waals surface area contributed by atoms with Crippen LogP contribution in [0.1, 0.15) is 19.8 Å². The van der Waals surface area contributed by atoms with Crippen LogP contribution in [-0.2, 0) is 10.0 Å². The summed E-state index contributed by atoms with van der Waals surface area (Å²) in [4.78, 5) is 2.17. The Balaban J connectivity index is 1.70. The smallest absolute Gasteiger partial charge is 0.272 e. The second-order valence-corrected chi connectivity index (χ2v) is 9.23. The van der Waals surface area contributed by atoms with Crippen molar-refractivity contribution < 1.29 is 8.42 Å². The quantitative estimate of drug-likeness (QED) is 0.891. The lowest BCUT2D eigenvalue weighted by Gasteiger charge is -2.30. The maximum Gasteiger partial charge on any atom is 0.272 e. The molecule has 1 N–H and O–H groups in total. The molecular weight excluding hydrogens is 356 g/mol. The van der Waals surface area contributed by atoms with E-state index in [4.69, 9.17) is 11.6 Å². The summed E-state index contributed by atoms with van der Waals surface area (Å²) in [6.07, 6.45) is 2.27. The Morgan fingerprint density at radius 3 is 2.52 bits per heavy atom. The average Bonchev–Trinajstić information content (AvgIpc) is 2.96. The third-order valence-corrected chi connectivity index (χ3v) is 6.89. The average molecular weight is 373 g/mol. The molecule has 0 aromatic carbocycles. The maximum absolute atomic E-state index is 12.2. The lowest BCUT2D eigenvalue weighted by Crippen LogP contribution is -2.33. The Bertz CT molecular complexity index is 768. The molecule has 2 aromatic heterocycles. The van der Waals surface area contributed by atoms with Gasteiger partial charge in [0.2, 0.25) is 0 Å². The topological polar surface area (TPSA) is 75.2 Å². The summed E-state index contributed by atoms with van der Waals surface area (Å²) in [5.74, 6) is 1.71. The molecular formula is C14H17ClN4O2S2. The summed E-state index contributed by atoms with van der Waals surface area (Å²) in [5, 5.41) is 8.12. The van der Waals surface area contributed by atoms with Crippen LogP contribution in [0, 0.1) is 5.92 Å². The van der Waals surface area contributed by atoms with Gasteiger partial charge in [-0.05, 0) is 43.0 Å². The fourth-order valence-corrected chi connectivity index (χ4v) is 4.90. The summed E-state index contributed by atoms with van der Waals surface area (Å²) in [6.45, 7) is 4.15. The van der Waals surface area contributed by atoms with Gasteiger partial charge in [-0.1, -0.05) is 18.5 Å². The number of nitrogens with zero attached hydrogens (tertiary/aromatic N) is 3. The van der Waals surface area contributed by atoms with E-state index in [0.29, 0.717) is 4.34 Å². The van der Waals surface area contributed by atoms with Gasteiger partial charge in [-0.2, -0.15) is 0 Å². The first-order chi connectivity index (χ1) is 10.9. The molecule has 3 rings (SSSR count). The van der Waals surface area contributed by atoms with Crippen molar-refractivity contribution in [3.05, 3.63) is 28.6 Å². The van der Waals surface area contributed by atoms with Crippen molar-refractivity contribution in [1.82, 2.24) is 10.2 Å². The van der Waals surface area contributed by atoms with Gasteiger partial charge in [0, 0.05) is 13.1 Å². The van der Waals surface area contributed by atoms with Crippen molar-refractivity contribution in [2.24, 2.45) is 5.92 Å². The lowest BCUT2D eigenvalue weighted by molar-refractivity contribution is 0.436. The highest BCUT2D eigenvalue weighted by molar-refractivity contribution is 7.94. The zero-order valence-electron chi connectivity index (χ0n) is 12.6. The first kappa shape index (κ1) is 16.5. The molecule has 1 fully saturated rings. The minimum atomic E-state index is -3.67. The van der Waals surface area contributed by atoms with Crippen LogP contribution < -0.4 is 9.62 Å². The molecule has 0 saturated carbocycles. The lowest BCUT2D eigenvalue weighted by atomic mass is 9.99. The maximum atomic E-state index is 12.2. The number of rotatable bonds is 4. The van der Waals surface area contributed by atoms with Crippen LogP contribution in [-0.4, -0.2) is 31.7 Å². The molecule has 1 aliphatic rings. The van der Waals surface area contributed by atoms with Crippen molar-refractivity contribution in [2.45, 2.75) is 24.0 Å². The molecule has 3 heterocycles. The first-order valence-electron chi connectivity index (χ1n) is 7.31. The van der Waals surface area contributed by atoms with Crippen LogP contribution in [0.3, 0.4) is 0 Å². The highest BCUT2D eigenvalue weighted by atomic mass is 35.5. The van der Waals surface area contributed by atoms with Crippen LogP contribution in [0.15, 0.2) is 28.5 Å². The number of piperidine rings is 1. The van der Waals surface area contributed by atoms with E-state index >= 15 is 0 Å². The van der Waals surface area contributed by atoms with Gasteiger partial charge < -0.3 is 4.90 Å². The number of nitrogens with one attached hydrogen (secondary N) is 1. The number of thiophene rings is 1. The summed E-state index contributed by atoms with van der Waals surface area (Å²) in [7, 11) is -3.67. The molecule has 0 aliphatic carbocycles. The fourth-order valence-electron chi connectivity index (χ4n) is 2.42. The van der Waals surface area contributed by atoms with Crippen LogP contribution in [0.4, 0.5) is 11.6 Å². The van der Waals surface area contributed by atoms with E-state index in [2.05, 4.69) is 26.7 Å². The molecule has 2 aromatic rings. The SMILES string of the molecule is CC1CCN(c2ccc(NS(=O)(=O)c3ccc(Cl)s3)nn2)CC1. The summed E-state index contributed by atoms with van der Waals surface area (Å²) in [6, 6.07) is 6.44. The Hall–Kier alpha value is -1.38. The van der Waals surface area contributed by atoms with Crippen molar-refractivity contribution in [3.63, 3.8) is 0 Å². The Kier molecular flexibility index (Phi) is 4.74. The van der Waals surface area contributed by atoms with E-state index in [9.17, 15) is 8.42 Å². The molecule has 0 radical (unpaired) electrons. The molecule has 6 nitrogen and oxygen atoms in total. The van der Waals surface area contributed by atoms with Crippen LogP contribution >= 0.6 is 22.9 Å². The Morgan fingerprint density at radius 2 is 1.96 bits per heavy atom. The molecule has 9 heteroatoms. The number of anilines is 2. The van der Waals surface area contributed by atoms with Crippen molar-refractivity contribution >= 4 is 44.6 Å². The van der Waals surface area contributed by atoms with Gasteiger partial charge in [-0.15, -0.1) is 21.5 Å². The second-order valence-electron chi connectivity index (χ2n) is 5.61. The van der Waals surface area contributed by atoms with Gasteiger partial charge in [0.25, 0.3) is 10.0 Å². The predicted octanol–water partition coefficient (Wildman–Crippen LogP) is 3.23. The fraction of sp³-hybridized carbons (Fsp3) is 0.429. The minimum absolute atomic E-state index is 0.151. The largest absolute Gasteiger partial charge is 0.355 e. The molecule has 1 saturated heterocycles. The Morgan fingerprint density at radius 1 is 1.22 bits per heavy atom. The molecule has 0 atom stereocenters. The van der Waals surface area contributed by atoms with Crippen LogP contribution in [0.2, 0.25) is 4.34 Å². The zero-order chi connectivity index (χ0) is 16.4. The summed E-state index contributed by atoms with van der Waals surface area (Å²) >= 11 is 6.78. The van der Waals surface area contributed by atoms with E-state index < -0.39 is 10.0 Å². The van der Waals surface area contributed by atoms with Gasteiger partial charge >= 0.3 is 0 Å².